The predicted octanol–water partition coefficient (Wildman–Crippen LogP) is -0.0925. The van der Waals surface area contributed by atoms with Crippen molar-refractivity contribution in [3.8, 4) is 0 Å². The molecule has 0 heterocycles. The normalized spacial score (nSPS) is 11.5. The van der Waals surface area contributed by atoms with Crippen LogP contribution in [0.4, 0.5) is 0 Å². The summed E-state index contributed by atoms with van der Waals surface area (Å²) in [6.07, 6.45) is 0.962. The lowest BCUT2D eigenvalue weighted by Crippen LogP contribution is -2.14. The van der Waals surface area contributed by atoms with Gasteiger partial charge >= 0.3 is 11.9 Å². The first-order valence-electron chi connectivity index (χ1n) is 4.99. The second kappa shape index (κ2) is 8.49. The number of carbonyl (C=O) groups excluding carboxylic acids is 2. The molecule has 0 aromatic carbocycles. The molecule has 6 heteroatoms. The van der Waals surface area contributed by atoms with E-state index in [0.29, 0.717) is 0 Å². The number of esters is 2. The second-order valence-corrected chi connectivity index (χ2v) is 3.01. The molecular weight excluding hydrogens is 228 g/mol. The van der Waals surface area contributed by atoms with E-state index >= 15 is 0 Å². The van der Waals surface area contributed by atoms with Gasteiger partial charge < -0.3 is 19.7 Å². The fraction of sp³-hybridized carbons (Fsp3) is 0.455. The van der Waals surface area contributed by atoms with Crippen molar-refractivity contribution < 1.29 is 29.3 Å². The zero-order valence-corrected chi connectivity index (χ0v) is 9.64. The van der Waals surface area contributed by atoms with Crippen molar-refractivity contribution in [1.82, 2.24) is 0 Å². The molecule has 96 valence electrons. The van der Waals surface area contributed by atoms with Crippen LogP contribution in [0.15, 0.2) is 24.0 Å². The molecule has 6 nitrogen and oxygen atoms in total. The van der Waals surface area contributed by atoms with Crippen LogP contribution < -0.4 is 0 Å². The molecule has 0 fully saturated rings. The summed E-state index contributed by atoms with van der Waals surface area (Å²) in [6.45, 7) is 3.92. The Balaban J connectivity index is 4.76. The van der Waals surface area contributed by atoms with E-state index in [1.807, 2.05) is 0 Å². The smallest absolute Gasteiger partial charge is 0.337 e. The van der Waals surface area contributed by atoms with Gasteiger partial charge in [-0.25, -0.2) is 9.59 Å². The van der Waals surface area contributed by atoms with Gasteiger partial charge in [0, 0.05) is 12.5 Å². The minimum absolute atomic E-state index is 0.0135. The van der Waals surface area contributed by atoms with Gasteiger partial charge in [-0.2, -0.15) is 0 Å². The van der Waals surface area contributed by atoms with Crippen molar-refractivity contribution in [2.45, 2.75) is 13.3 Å². The number of hydrogen-bond acceptors (Lipinski definition) is 6. The molecule has 0 saturated carbocycles. The van der Waals surface area contributed by atoms with Gasteiger partial charge in [0.25, 0.3) is 0 Å². The third-order valence-corrected chi connectivity index (χ3v) is 1.78. The summed E-state index contributed by atoms with van der Waals surface area (Å²) in [7, 11) is 0. The van der Waals surface area contributed by atoms with Crippen LogP contribution in [-0.2, 0) is 19.1 Å². The summed E-state index contributed by atoms with van der Waals surface area (Å²) in [5, 5.41) is 17.3. The van der Waals surface area contributed by atoms with Gasteiger partial charge in [0.15, 0.2) is 0 Å². The minimum atomic E-state index is -0.720. The van der Waals surface area contributed by atoms with Crippen molar-refractivity contribution in [3.63, 3.8) is 0 Å². The van der Waals surface area contributed by atoms with Crippen molar-refractivity contribution in [1.29, 1.82) is 0 Å². The standard InChI is InChI=1S/C11H16O6/c1-3-10(14)17-9(4-5-12)8(2)11(15)16-7-6-13/h3,12-13H,1,4-7H2,2H3. The number of carbonyl (C=O) groups is 2. The van der Waals surface area contributed by atoms with E-state index in [1.54, 1.807) is 0 Å². The largest absolute Gasteiger partial charge is 0.460 e. The Morgan fingerprint density at radius 1 is 1.29 bits per heavy atom. The zero-order valence-electron chi connectivity index (χ0n) is 9.64. The van der Waals surface area contributed by atoms with Crippen molar-refractivity contribution >= 4 is 11.9 Å². The molecule has 0 spiro atoms. The number of ether oxygens (including phenoxy) is 2. The molecule has 0 aliphatic carbocycles. The lowest BCUT2D eigenvalue weighted by Gasteiger charge is -2.10. The number of aliphatic hydroxyl groups is 2. The third-order valence-electron chi connectivity index (χ3n) is 1.78. The maximum atomic E-state index is 11.4. The molecule has 0 aromatic rings. The lowest BCUT2D eigenvalue weighted by molar-refractivity contribution is -0.140. The SMILES string of the molecule is C=CC(=O)OC(CCO)=C(C)C(=O)OCCO. The Morgan fingerprint density at radius 2 is 1.94 bits per heavy atom. The summed E-state index contributed by atoms with van der Waals surface area (Å²) in [6, 6.07) is 0. The average molecular weight is 244 g/mol. The van der Waals surface area contributed by atoms with Crippen LogP contribution in [0.1, 0.15) is 13.3 Å². The van der Waals surface area contributed by atoms with Crippen LogP contribution in [0.2, 0.25) is 0 Å². The summed E-state index contributed by atoms with van der Waals surface area (Å²) < 4.78 is 9.45. The summed E-state index contributed by atoms with van der Waals surface area (Å²) in [5.41, 5.74) is 0.0719. The Labute approximate surface area is 99.1 Å². The summed E-state index contributed by atoms with van der Waals surface area (Å²) in [5.74, 6) is -1.40. The van der Waals surface area contributed by atoms with E-state index < -0.39 is 11.9 Å². The van der Waals surface area contributed by atoms with Crippen LogP contribution >= 0.6 is 0 Å². The summed E-state index contributed by atoms with van der Waals surface area (Å²) >= 11 is 0. The predicted molar refractivity (Wildman–Crippen MR) is 58.7 cm³/mol. The van der Waals surface area contributed by atoms with Gasteiger partial charge in [0.05, 0.1) is 18.8 Å². The maximum Gasteiger partial charge on any atom is 0.337 e. The van der Waals surface area contributed by atoms with Gasteiger partial charge in [-0.15, -0.1) is 0 Å². The highest BCUT2D eigenvalue weighted by Crippen LogP contribution is 2.12. The fourth-order valence-corrected chi connectivity index (χ4v) is 0.940. The fourth-order valence-electron chi connectivity index (χ4n) is 0.940. The van der Waals surface area contributed by atoms with E-state index in [1.165, 1.54) is 6.92 Å². The van der Waals surface area contributed by atoms with Crippen LogP contribution in [0.3, 0.4) is 0 Å². The first kappa shape index (κ1) is 15.3. The Hall–Kier alpha value is -1.66. The van der Waals surface area contributed by atoms with E-state index in [-0.39, 0.29) is 37.6 Å². The van der Waals surface area contributed by atoms with Crippen molar-refractivity contribution in [2.24, 2.45) is 0 Å². The van der Waals surface area contributed by atoms with Gasteiger partial charge in [-0.3, -0.25) is 0 Å². The first-order chi connectivity index (χ1) is 8.06. The zero-order chi connectivity index (χ0) is 13.3. The Bertz CT molecular complexity index is 318. The molecular formula is C11H16O6. The van der Waals surface area contributed by atoms with Crippen LogP contribution in [0.5, 0.6) is 0 Å². The van der Waals surface area contributed by atoms with E-state index in [0.717, 1.165) is 6.08 Å². The highest BCUT2D eigenvalue weighted by molar-refractivity contribution is 5.89. The maximum absolute atomic E-state index is 11.4. The van der Waals surface area contributed by atoms with Crippen LogP contribution in [0.25, 0.3) is 0 Å². The van der Waals surface area contributed by atoms with Gasteiger partial charge in [0.2, 0.25) is 0 Å². The molecule has 2 N–H and O–H groups in total. The van der Waals surface area contributed by atoms with Gasteiger partial charge in [-0.05, 0) is 6.92 Å². The molecule has 0 aromatic heterocycles. The molecule has 0 atom stereocenters. The molecule has 0 bridgehead atoms. The van der Waals surface area contributed by atoms with Crippen LogP contribution in [-0.4, -0.2) is 42.0 Å². The monoisotopic (exact) mass is 244 g/mol. The molecule has 0 aliphatic heterocycles. The van der Waals surface area contributed by atoms with E-state index in [4.69, 9.17) is 14.9 Å². The molecule has 0 unspecified atom stereocenters. The topological polar surface area (TPSA) is 93.1 Å². The Kier molecular flexibility index (Phi) is 7.66. The highest BCUT2D eigenvalue weighted by atomic mass is 16.6. The molecule has 0 aliphatic rings. The highest BCUT2D eigenvalue weighted by Gasteiger charge is 2.15. The Morgan fingerprint density at radius 3 is 2.41 bits per heavy atom. The molecule has 0 radical (unpaired) electrons. The molecule has 17 heavy (non-hydrogen) atoms. The van der Waals surface area contributed by atoms with E-state index in [9.17, 15) is 9.59 Å². The van der Waals surface area contributed by atoms with Crippen LogP contribution in [0, 0.1) is 0 Å². The van der Waals surface area contributed by atoms with Gasteiger partial charge in [0.1, 0.15) is 12.4 Å². The number of hydrogen-bond donors (Lipinski definition) is 2. The number of rotatable bonds is 7. The van der Waals surface area contributed by atoms with Crippen molar-refractivity contribution in [2.75, 3.05) is 19.8 Å². The lowest BCUT2D eigenvalue weighted by atomic mass is 10.2. The molecule has 0 saturated heterocycles. The molecule has 0 rings (SSSR count). The third kappa shape index (κ3) is 5.84. The molecule has 0 amide bonds. The van der Waals surface area contributed by atoms with Gasteiger partial charge in [-0.1, -0.05) is 6.58 Å². The van der Waals surface area contributed by atoms with Crippen molar-refractivity contribution in [3.05, 3.63) is 24.0 Å². The average Bonchev–Trinajstić information content (AvgIpc) is 2.34. The second-order valence-electron chi connectivity index (χ2n) is 3.01. The summed E-state index contributed by atoms with van der Waals surface area (Å²) in [4.78, 5) is 22.4. The van der Waals surface area contributed by atoms with E-state index in [2.05, 4.69) is 11.3 Å². The first-order valence-corrected chi connectivity index (χ1v) is 4.99. The number of aliphatic hydroxyl groups excluding tert-OH is 2. The quantitative estimate of drug-likeness (QED) is 0.369. The minimum Gasteiger partial charge on any atom is -0.460 e.